The third kappa shape index (κ3) is 2.02. The van der Waals surface area contributed by atoms with Crippen LogP contribution in [0.3, 0.4) is 0 Å². The molecule has 1 nitrogen and oxygen atoms in total. The molecule has 2 rings (SSSR count). The van der Waals surface area contributed by atoms with Crippen molar-refractivity contribution in [2.45, 2.75) is 11.0 Å². The van der Waals surface area contributed by atoms with Crippen LogP contribution in [0.15, 0.2) is 30.3 Å². The standard InChI is InChI=1S/C10H12OS/c1-2-4-9(5-3-1)8-12-10-6-11-7-10/h1-5,10H,6-8H2. The number of hydrogen-bond donors (Lipinski definition) is 0. The molecule has 1 aliphatic rings. The van der Waals surface area contributed by atoms with Crippen LogP contribution in [0.25, 0.3) is 0 Å². The predicted molar refractivity (Wildman–Crippen MR) is 52.3 cm³/mol. The van der Waals surface area contributed by atoms with Gasteiger partial charge in [0, 0.05) is 5.75 Å². The molecule has 0 radical (unpaired) electrons. The maximum Gasteiger partial charge on any atom is 0.0608 e. The molecular formula is C10H12OS. The molecule has 1 aromatic carbocycles. The van der Waals surface area contributed by atoms with Gasteiger partial charge in [-0.1, -0.05) is 30.3 Å². The van der Waals surface area contributed by atoms with Crippen molar-refractivity contribution in [3.63, 3.8) is 0 Å². The lowest BCUT2D eigenvalue weighted by atomic mass is 10.2. The van der Waals surface area contributed by atoms with E-state index in [1.54, 1.807) is 0 Å². The van der Waals surface area contributed by atoms with Crippen molar-refractivity contribution < 1.29 is 4.74 Å². The number of ether oxygens (including phenoxy) is 1. The lowest BCUT2D eigenvalue weighted by molar-refractivity contribution is 0.0455. The van der Waals surface area contributed by atoms with Crippen LogP contribution in [0.2, 0.25) is 0 Å². The average Bonchev–Trinajstić information content (AvgIpc) is 2.04. The van der Waals surface area contributed by atoms with Gasteiger partial charge in [0.15, 0.2) is 0 Å². The summed E-state index contributed by atoms with van der Waals surface area (Å²) in [7, 11) is 0. The summed E-state index contributed by atoms with van der Waals surface area (Å²) < 4.78 is 5.10. The summed E-state index contributed by atoms with van der Waals surface area (Å²) in [4.78, 5) is 0. The topological polar surface area (TPSA) is 9.23 Å². The molecule has 0 atom stereocenters. The fourth-order valence-corrected chi connectivity index (χ4v) is 2.10. The molecule has 0 aromatic heterocycles. The number of hydrogen-bond acceptors (Lipinski definition) is 2. The zero-order chi connectivity index (χ0) is 8.23. The molecule has 0 bridgehead atoms. The lowest BCUT2D eigenvalue weighted by Crippen LogP contribution is -2.30. The largest absolute Gasteiger partial charge is 0.379 e. The summed E-state index contributed by atoms with van der Waals surface area (Å²) in [5, 5.41) is 0.741. The van der Waals surface area contributed by atoms with E-state index in [0.717, 1.165) is 24.2 Å². The van der Waals surface area contributed by atoms with Crippen molar-refractivity contribution in [3.8, 4) is 0 Å². The third-order valence-electron chi connectivity index (χ3n) is 1.94. The van der Waals surface area contributed by atoms with Crippen LogP contribution in [0.1, 0.15) is 5.56 Å². The van der Waals surface area contributed by atoms with E-state index in [1.165, 1.54) is 5.56 Å². The number of thioether (sulfide) groups is 1. The quantitative estimate of drug-likeness (QED) is 0.706. The summed E-state index contributed by atoms with van der Waals surface area (Å²) in [6.45, 7) is 1.88. The SMILES string of the molecule is c1ccc(CSC2COC2)cc1. The predicted octanol–water partition coefficient (Wildman–Crippen LogP) is 2.32. The van der Waals surface area contributed by atoms with Gasteiger partial charge >= 0.3 is 0 Å². The molecule has 0 aliphatic carbocycles. The zero-order valence-corrected chi connectivity index (χ0v) is 7.72. The number of benzene rings is 1. The summed E-state index contributed by atoms with van der Waals surface area (Å²) >= 11 is 1.99. The molecule has 0 amide bonds. The number of rotatable bonds is 3. The maximum absolute atomic E-state index is 5.10. The highest BCUT2D eigenvalue weighted by atomic mass is 32.2. The Kier molecular flexibility index (Phi) is 2.69. The first-order valence-corrected chi connectivity index (χ1v) is 5.23. The van der Waals surface area contributed by atoms with E-state index in [1.807, 2.05) is 11.8 Å². The molecule has 1 heterocycles. The molecule has 1 saturated heterocycles. The summed E-state index contributed by atoms with van der Waals surface area (Å²) in [6.07, 6.45) is 0. The molecular weight excluding hydrogens is 168 g/mol. The Hall–Kier alpha value is -0.470. The molecule has 0 saturated carbocycles. The Labute approximate surface area is 77.1 Å². The van der Waals surface area contributed by atoms with Crippen molar-refractivity contribution in [1.29, 1.82) is 0 Å². The van der Waals surface area contributed by atoms with Gasteiger partial charge in [-0.15, -0.1) is 11.8 Å². The first-order valence-electron chi connectivity index (χ1n) is 4.18. The van der Waals surface area contributed by atoms with E-state index in [9.17, 15) is 0 Å². The van der Waals surface area contributed by atoms with Gasteiger partial charge in [-0.25, -0.2) is 0 Å². The van der Waals surface area contributed by atoms with Crippen molar-refractivity contribution in [2.24, 2.45) is 0 Å². The second-order valence-corrected chi connectivity index (χ2v) is 4.24. The van der Waals surface area contributed by atoms with E-state index >= 15 is 0 Å². The second-order valence-electron chi connectivity index (χ2n) is 2.96. The summed E-state index contributed by atoms with van der Waals surface area (Å²) in [5.74, 6) is 1.12. The van der Waals surface area contributed by atoms with Crippen LogP contribution in [0.4, 0.5) is 0 Å². The van der Waals surface area contributed by atoms with E-state index in [2.05, 4.69) is 30.3 Å². The van der Waals surface area contributed by atoms with Gasteiger partial charge in [0.2, 0.25) is 0 Å². The Bertz CT molecular complexity index is 231. The van der Waals surface area contributed by atoms with E-state index in [0.29, 0.717) is 0 Å². The third-order valence-corrected chi connectivity index (χ3v) is 3.18. The normalized spacial score (nSPS) is 17.3. The molecule has 0 N–H and O–H groups in total. The molecule has 12 heavy (non-hydrogen) atoms. The monoisotopic (exact) mass is 180 g/mol. The zero-order valence-electron chi connectivity index (χ0n) is 6.90. The minimum Gasteiger partial charge on any atom is -0.379 e. The van der Waals surface area contributed by atoms with Gasteiger partial charge in [0.25, 0.3) is 0 Å². The van der Waals surface area contributed by atoms with Crippen molar-refractivity contribution >= 4 is 11.8 Å². The van der Waals surface area contributed by atoms with Gasteiger partial charge in [0.1, 0.15) is 0 Å². The smallest absolute Gasteiger partial charge is 0.0608 e. The minimum atomic E-state index is 0.741. The molecule has 1 aliphatic heterocycles. The molecule has 1 aromatic rings. The van der Waals surface area contributed by atoms with Crippen molar-refractivity contribution in [1.82, 2.24) is 0 Å². The van der Waals surface area contributed by atoms with Crippen LogP contribution in [-0.2, 0) is 10.5 Å². The van der Waals surface area contributed by atoms with Crippen LogP contribution >= 0.6 is 11.8 Å². The maximum atomic E-state index is 5.10. The highest BCUT2D eigenvalue weighted by molar-refractivity contribution is 7.99. The van der Waals surface area contributed by atoms with Gasteiger partial charge in [0.05, 0.1) is 18.5 Å². The van der Waals surface area contributed by atoms with Crippen molar-refractivity contribution in [3.05, 3.63) is 35.9 Å². The highest BCUT2D eigenvalue weighted by Gasteiger charge is 2.17. The molecule has 0 unspecified atom stereocenters. The van der Waals surface area contributed by atoms with Gasteiger partial charge in [-0.2, -0.15) is 0 Å². The van der Waals surface area contributed by atoms with Gasteiger partial charge in [-0.3, -0.25) is 0 Å². The van der Waals surface area contributed by atoms with Crippen LogP contribution in [0, 0.1) is 0 Å². The molecule has 64 valence electrons. The van der Waals surface area contributed by atoms with Gasteiger partial charge < -0.3 is 4.74 Å². The summed E-state index contributed by atoms with van der Waals surface area (Å²) in [5.41, 5.74) is 1.41. The Morgan fingerprint density at radius 3 is 2.58 bits per heavy atom. The van der Waals surface area contributed by atoms with Crippen LogP contribution in [0.5, 0.6) is 0 Å². The minimum absolute atomic E-state index is 0.741. The first-order chi connectivity index (χ1) is 5.95. The average molecular weight is 180 g/mol. The fraction of sp³-hybridized carbons (Fsp3) is 0.400. The van der Waals surface area contributed by atoms with Crippen LogP contribution < -0.4 is 0 Å². The lowest BCUT2D eigenvalue weighted by Gasteiger charge is -2.25. The van der Waals surface area contributed by atoms with E-state index in [4.69, 9.17) is 4.74 Å². The van der Waals surface area contributed by atoms with Gasteiger partial charge in [-0.05, 0) is 5.56 Å². The molecule has 2 heteroatoms. The molecule has 0 spiro atoms. The Balaban J connectivity index is 1.79. The Morgan fingerprint density at radius 2 is 2.00 bits per heavy atom. The van der Waals surface area contributed by atoms with E-state index < -0.39 is 0 Å². The Morgan fingerprint density at radius 1 is 1.25 bits per heavy atom. The van der Waals surface area contributed by atoms with Crippen LogP contribution in [-0.4, -0.2) is 18.5 Å². The van der Waals surface area contributed by atoms with E-state index in [-0.39, 0.29) is 0 Å². The van der Waals surface area contributed by atoms with Crippen molar-refractivity contribution in [2.75, 3.05) is 13.2 Å². The summed E-state index contributed by atoms with van der Waals surface area (Å²) in [6, 6.07) is 10.6. The first kappa shape index (κ1) is 8.14. The fourth-order valence-electron chi connectivity index (χ4n) is 1.10. The molecule has 1 fully saturated rings. The highest BCUT2D eigenvalue weighted by Crippen LogP contribution is 2.22. The second kappa shape index (κ2) is 3.97.